The molecule has 1 aliphatic carbocycles. The van der Waals surface area contributed by atoms with Gasteiger partial charge in [-0.1, -0.05) is 67.6 Å². The van der Waals surface area contributed by atoms with Gasteiger partial charge in [0, 0.05) is 17.6 Å². The number of hydrogen-bond donors (Lipinski definition) is 1. The van der Waals surface area contributed by atoms with Crippen molar-refractivity contribution in [2.45, 2.75) is 71.0 Å². The summed E-state index contributed by atoms with van der Waals surface area (Å²) >= 11 is 5.98. The molecule has 0 saturated heterocycles. The summed E-state index contributed by atoms with van der Waals surface area (Å²) in [6.45, 7) is 3.62. The van der Waals surface area contributed by atoms with Crippen molar-refractivity contribution in [3.8, 4) is 0 Å². The van der Waals surface area contributed by atoms with Gasteiger partial charge in [-0.3, -0.25) is 13.9 Å². The molecule has 1 unspecified atom stereocenters. The molecule has 0 bridgehead atoms. The van der Waals surface area contributed by atoms with Crippen molar-refractivity contribution in [2.24, 2.45) is 0 Å². The lowest BCUT2D eigenvalue weighted by atomic mass is 9.95. The van der Waals surface area contributed by atoms with Gasteiger partial charge >= 0.3 is 0 Å². The highest BCUT2D eigenvalue weighted by Gasteiger charge is 2.32. The van der Waals surface area contributed by atoms with E-state index in [1.165, 1.54) is 11.3 Å². The zero-order valence-corrected chi connectivity index (χ0v) is 22.8. The second kappa shape index (κ2) is 12.6. The zero-order valence-electron chi connectivity index (χ0n) is 21.2. The monoisotopic (exact) mass is 533 g/mol. The van der Waals surface area contributed by atoms with Crippen molar-refractivity contribution in [3.05, 3.63) is 64.7 Å². The van der Waals surface area contributed by atoms with Gasteiger partial charge in [0.05, 0.1) is 11.9 Å². The van der Waals surface area contributed by atoms with Crippen LogP contribution in [0, 0.1) is 6.92 Å². The summed E-state index contributed by atoms with van der Waals surface area (Å²) < 4.78 is 26.4. The molecule has 7 nitrogen and oxygen atoms in total. The Morgan fingerprint density at radius 3 is 2.33 bits per heavy atom. The molecule has 2 amide bonds. The SMILES string of the molecule is CCC(C(=O)NC1CCCCC1)N(Cc1cccc(C)c1)C(=O)CN(c1ccc(Cl)cc1)S(C)(=O)=O. The zero-order chi connectivity index (χ0) is 26.3. The molecule has 0 aliphatic heterocycles. The number of nitrogens with zero attached hydrogens (tertiary/aromatic N) is 2. The maximum Gasteiger partial charge on any atom is 0.244 e. The number of rotatable bonds is 10. The van der Waals surface area contributed by atoms with Crippen LogP contribution in [0.5, 0.6) is 0 Å². The standard InChI is InChI=1S/C27H36ClN3O4S/c1-4-25(27(33)29-23-11-6-5-7-12-23)30(18-21-10-8-9-20(2)17-21)26(32)19-31(36(3,34)35)24-15-13-22(28)14-16-24/h8-10,13-17,23,25H,4-7,11-12,18-19H2,1-3H3,(H,29,33). The Labute approximate surface area is 219 Å². The van der Waals surface area contributed by atoms with Crippen LogP contribution in [0.1, 0.15) is 56.6 Å². The van der Waals surface area contributed by atoms with E-state index in [1.807, 2.05) is 38.1 Å². The Morgan fingerprint density at radius 1 is 1.08 bits per heavy atom. The van der Waals surface area contributed by atoms with E-state index < -0.39 is 28.5 Å². The van der Waals surface area contributed by atoms with Crippen molar-refractivity contribution >= 4 is 39.1 Å². The number of aryl methyl sites for hydroxylation is 1. The highest BCUT2D eigenvalue weighted by atomic mass is 35.5. The largest absolute Gasteiger partial charge is 0.352 e. The minimum Gasteiger partial charge on any atom is -0.352 e. The Hall–Kier alpha value is -2.58. The van der Waals surface area contributed by atoms with E-state index in [4.69, 9.17) is 11.6 Å². The minimum atomic E-state index is -3.77. The predicted octanol–water partition coefficient (Wildman–Crippen LogP) is 4.67. The van der Waals surface area contributed by atoms with Gasteiger partial charge in [-0.05, 0) is 56.0 Å². The van der Waals surface area contributed by atoms with Crippen LogP contribution in [0.15, 0.2) is 48.5 Å². The van der Waals surface area contributed by atoms with E-state index in [9.17, 15) is 18.0 Å². The van der Waals surface area contributed by atoms with Gasteiger partial charge in [-0.15, -0.1) is 0 Å². The van der Waals surface area contributed by atoms with Crippen LogP contribution < -0.4 is 9.62 Å². The summed E-state index contributed by atoms with van der Waals surface area (Å²) in [5.41, 5.74) is 2.26. The van der Waals surface area contributed by atoms with Gasteiger partial charge in [0.1, 0.15) is 12.6 Å². The normalized spacial score (nSPS) is 15.2. The van der Waals surface area contributed by atoms with Gasteiger partial charge in [0.2, 0.25) is 21.8 Å². The summed E-state index contributed by atoms with van der Waals surface area (Å²) in [5, 5.41) is 3.61. The number of hydrogen-bond acceptors (Lipinski definition) is 4. The molecule has 1 fully saturated rings. The molecule has 1 atom stereocenters. The molecule has 9 heteroatoms. The molecular weight excluding hydrogens is 498 g/mol. The second-order valence-corrected chi connectivity index (χ2v) is 11.9. The number of halogens is 1. The van der Waals surface area contributed by atoms with Crippen LogP contribution in [0.4, 0.5) is 5.69 Å². The molecule has 2 aromatic rings. The van der Waals surface area contributed by atoms with Gasteiger partial charge in [-0.2, -0.15) is 0 Å². The second-order valence-electron chi connectivity index (χ2n) is 9.52. The fourth-order valence-corrected chi connectivity index (χ4v) is 5.67. The van der Waals surface area contributed by atoms with Crippen LogP contribution in [0.3, 0.4) is 0 Å². The smallest absolute Gasteiger partial charge is 0.244 e. The molecule has 2 aromatic carbocycles. The Balaban J connectivity index is 1.90. The minimum absolute atomic E-state index is 0.109. The van der Waals surface area contributed by atoms with Gasteiger partial charge in [0.15, 0.2) is 0 Å². The number of amides is 2. The van der Waals surface area contributed by atoms with Crippen molar-refractivity contribution < 1.29 is 18.0 Å². The molecule has 1 N–H and O–H groups in total. The molecule has 0 heterocycles. The van der Waals surface area contributed by atoms with E-state index in [2.05, 4.69) is 5.32 Å². The fourth-order valence-electron chi connectivity index (χ4n) is 4.69. The van der Waals surface area contributed by atoms with Crippen LogP contribution >= 0.6 is 11.6 Å². The first-order valence-electron chi connectivity index (χ1n) is 12.5. The molecule has 1 saturated carbocycles. The van der Waals surface area contributed by atoms with Crippen molar-refractivity contribution in [1.82, 2.24) is 10.2 Å². The van der Waals surface area contributed by atoms with E-state index >= 15 is 0 Å². The average Bonchev–Trinajstić information content (AvgIpc) is 2.83. The third-order valence-corrected chi connectivity index (χ3v) is 7.96. The van der Waals surface area contributed by atoms with E-state index in [-0.39, 0.29) is 18.5 Å². The Kier molecular flexibility index (Phi) is 9.79. The van der Waals surface area contributed by atoms with Gasteiger partial charge in [0.25, 0.3) is 0 Å². The van der Waals surface area contributed by atoms with Crippen molar-refractivity contribution in [3.63, 3.8) is 0 Å². The molecule has 3 rings (SSSR count). The molecule has 0 aromatic heterocycles. The van der Waals surface area contributed by atoms with Crippen LogP contribution in [0.25, 0.3) is 0 Å². The molecule has 196 valence electrons. The van der Waals surface area contributed by atoms with Gasteiger partial charge < -0.3 is 10.2 Å². The van der Waals surface area contributed by atoms with Gasteiger partial charge in [-0.25, -0.2) is 8.42 Å². The average molecular weight is 534 g/mol. The maximum atomic E-state index is 13.7. The molecule has 0 radical (unpaired) electrons. The number of nitrogens with one attached hydrogen (secondary N) is 1. The summed E-state index contributed by atoms with van der Waals surface area (Å²) in [7, 11) is -3.77. The number of anilines is 1. The third kappa shape index (κ3) is 7.71. The Morgan fingerprint density at radius 2 is 1.75 bits per heavy atom. The lowest BCUT2D eigenvalue weighted by Crippen LogP contribution is -2.53. The third-order valence-electron chi connectivity index (χ3n) is 6.57. The first kappa shape index (κ1) is 28.0. The van der Waals surface area contributed by atoms with E-state index in [0.717, 1.165) is 47.4 Å². The topological polar surface area (TPSA) is 86.8 Å². The summed E-state index contributed by atoms with van der Waals surface area (Å²) in [6, 6.07) is 13.4. The van der Waals surface area contributed by atoms with Crippen LogP contribution in [-0.4, -0.2) is 50.0 Å². The first-order chi connectivity index (χ1) is 17.1. The first-order valence-corrected chi connectivity index (χ1v) is 14.7. The summed E-state index contributed by atoms with van der Waals surface area (Å²) in [4.78, 5) is 28.6. The van der Waals surface area contributed by atoms with Crippen molar-refractivity contribution in [2.75, 3.05) is 17.1 Å². The maximum absolute atomic E-state index is 13.7. The highest BCUT2D eigenvalue weighted by Crippen LogP contribution is 2.23. The highest BCUT2D eigenvalue weighted by molar-refractivity contribution is 7.92. The van der Waals surface area contributed by atoms with Crippen LogP contribution in [0.2, 0.25) is 5.02 Å². The number of sulfonamides is 1. The summed E-state index contributed by atoms with van der Waals surface area (Å²) in [5.74, 6) is -0.634. The number of benzene rings is 2. The van der Waals surface area contributed by atoms with Crippen LogP contribution in [-0.2, 0) is 26.2 Å². The predicted molar refractivity (Wildman–Crippen MR) is 144 cm³/mol. The Bertz CT molecular complexity index is 1150. The molecule has 36 heavy (non-hydrogen) atoms. The molecule has 1 aliphatic rings. The lowest BCUT2D eigenvalue weighted by Gasteiger charge is -2.34. The van der Waals surface area contributed by atoms with E-state index in [0.29, 0.717) is 17.1 Å². The van der Waals surface area contributed by atoms with E-state index in [1.54, 1.807) is 24.3 Å². The lowest BCUT2D eigenvalue weighted by molar-refractivity contribution is -0.140. The number of carbonyl (C=O) groups excluding carboxylic acids is 2. The molecule has 0 spiro atoms. The fraction of sp³-hybridized carbons (Fsp3) is 0.481. The summed E-state index contributed by atoms with van der Waals surface area (Å²) in [6.07, 6.45) is 6.69. The number of carbonyl (C=O) groups is 2. The van der Waals surface area contributed by atoms with Crippen molar-refractivity contribution in [1.29, 1.82) is 0 Å². The molecular formula is C27H36ClN3O4S. The quantitative estimate of drug-likeness (QED) is 0.481.